The standard InChI is InChI=1S/C22H27F3N2O4S/c1-15-11-16(2)20(17(3)12-15)32(29,30)27-8-6-18(7-9-27)21(28)26(14-22(23,24)25)13-19-5-4-10-31-19/h4-5,10-12,18H,6-9,13-14H2,1-3H3. The molecule has 3 rings (SSSR count). The lowest BCUT2D eigenvalue weighted by molar-refractivity contribution is -0.166. The zero-order valence-electron chi connectivity index (χ0n) is 18.3. The third-order valence-electron chi connectivity index (χ3n) is 5.61. The van der Waals surface area contributed by atoms with E-state index in [4.69, 9.17) is 4.42 Å². The first-order valence-corrected chi connectivity index (χ1v) is 11.8. The van der Waals surface area contributed by atoms with Gasteiger partial charge >= 0.3 is 6.18 Å². The highest BCUT2D eigenvalue weighted by Gasteiger charge is 2.39. The van der Waals surface area contributed by atoms with Crippen molar-refractivity contribution in [1.29, 1.82) is 0 Å². The predicted molar refractivity (Wildman–Crippen MR) is 112 cm³/mol. The molecule has 0 spiro atoms. The molecule has 0 radical (unpaired) electrons. The van der Waals surface area contributed by atoms with Gasteiger partial charge in [0.05, 0.1) is 17.7 Å². The van der Waals surface area contributed by atoms with Crippen LogP contribution in [0.25, 0.3) is 0 Å². The van der Waals surface area contributed by atoms with Gasteiger partial charge in [-0.3, -0.25) is 4.79 Å². The van der Waals surface area contributed by atoms with E-state index in [0.717, 1.165) is 10.5 Å². The topological polar surface area (TPSA) is 70.8 Å². The van der Waals surface area contributed by atoms with Crippen LogP contribution in [-0.4, -0.2) is 49.3 Å². The number of halogens is 3. The number of nitrogens with zero attached hydrogens (tertiary/aromatic N) is 2. The molecule has 10 heteroatoms. The molecule has 1 saturated heterocycles. The largest absolute Gasteiger partial charge is 0.467 e. The molecule has 176 valence electrons. The van der Waals surface area contributed by atoms with Gasteiger partial charge in [0.15, 0.2) is 0 Å². The van der Waals surface area contributed by atoms with Gasteiger partial charge in [0.1, 0.15) is 12.3 Å². The van der Waals surface area contributed by atoms with Gasteiger partial charge in [0.25, 0.3) is 0 Å². The molecule has 0 aliphatic carbocycles. The maximum atomic E-state index is 13.2. The van der Waals surface area contributed by atoms with Crippen LogP contribution in [0.3, 0.4) is 0 Å². The summed E-state index contributed by atoms with van der Waals surface area (Å²) in [7, 11) is -3.77. The zero-order chi connectivity index (χ0) is 23.7. The molecule has 1 aromatic heterocycles. The maximum absolute atomic E-state index is 13.2. The van der Waals surface area contributed by atoms with Crippen molar-refractivity contribution < 1.29 is 30.8 Å². The Bertz CT molecular complexity index is 1030. The maximum Gasteiger partial charge on any atom is 0.406 e. The van der Waals surface area contributed by atoms with Crippen molar-refractivity contribution in [2.75, 3.05) is 19.6 Å². The number of aryl methyl sites for hydroxylation is 3. The van der Waals surface area contributed by atoms with Crippen molar-refractivity contribution in [3.8, 4) is 0 Å². The number of hydrogen-bond acceptors (Lipinski definition) is 4. The summed E-state index contributed by atoms with van der Waals surface area (Å²) < 4.78 is 72.0. The molecule has 2 heterocycles. The number of carbonyl (C=O) groups is 1. The van der Waals surface area contributed by atoms with Crippen molar-refractivity contribution in [1.82, 2.24) is 9.21 Å². The van der Waals surface area contributed by atoms with E-state index in [9.17, 15) is 26.4 Å². The lowest BCUT2D eigenvalue weighted by atomic mass is 9.96. The molecular weight excluding hydrogens is 445 g/mol. The van der Waals surface area contributed by atoms with Crippen LogP contribution in [0.5, 0.6) is 0 Å². The van der Waals surface area contributed by atoms with Gasteiger partial charge in [-0.05, 0) is 56.9 Å². The Kier molecular flexibility index (Phi) is 7.04. The normalized spacial score (nSPS) is 16.3. The Morgan fingerprint density at radius 1 is 1.16 bits per heavy atom. The van der Waals surface area contributed by atoms with Crippen molar-refractivity contribution in [3.05, 3.63) is 53.0 Å². The number of carbonyl (C=O) groups excluding carboxylic acids is 1. The van der Waals surface area contributed by atoms with Gasteiger partial charge in [-0.15, -0.1) is 0 Å². The van der Waals surface area contributed by atoms with E-state index in [-0.39, 0.29) is 43.1 Å². The third-order valence-corrected chi connectivity index (χ3v) is 7.82. The summed E-state index contributed by atoms with van der Waals surface area (Å²) in [5, 5.41) is 0. The second-order valence-electron chi connectivity index (χ2n) is 8.30. The van der Waals surface area contributed by atoms with Gasteiger partial charge in [-0.2, -0.15) is 17.5 Å². The Hall–Kier alpha value is -2.33. The average Bonchev–Trinajstić information content (AvgIpc) is 3.18. The molecule has 32 heavy (non-hydrogen) atoms. The van der Waals surface area contributed by atoms with Crippen LogP contribution < -0.4 is 0 Å². The number of furan rings is 1. The first-order valence-electron chi connectivity index (χ1n) is 10.3. The van der Waals surface area contributed by atoms with Crippen molar-refractivity contribution in [2.24, 2.45) is 5.92 Å². The fourth-order valence-electron chi connectivity index (χ4n) is 4.32. The van der Waals surface area contributed by atoms with Gasteiger partial charge in [-0.25, -0.2) is 8.42 Å². The summed E-state index contributed by atoms with van der Waals surface area (Å²) >= 11 is 0. The smallest absolute Gasteiger partial charge is 0.406 e. The Morgan fingerprint density at radius 3 is 2.25 bits per heavy atom. The van der Waals surface area contributed by atoms with Crippen molar-refractivity contribution >= 4 is 15.9 Å². The molecule has 0 N–H and O–H groups in total. The van der Waals surface area contributed by atoms with Crippen LogP contribution >= 0.6 is 0 Å². The first-order chi connectivity index (χ1) is 14.9. The van der Waals surface area contributed by atoms with Crippen molar-refractivity contribution in [3.63, 3.8) is 0 Å². The van der Waals surface area contributed by atoms with Gasteiger partial charge in [0, 0.05) is 19.0 Å². The highest BCUT2D eigenvalue weighted by molar-refractivity contribution is 7.89. The van der Waals surface area contributed by atoms with E-state index >= 15 is 0 Å². The fourth-order valence-corrected chi connectivity index (χ4v) is 6.20. The Labute approximate surface area is 186 Å². The van der Waals surface area contributed by atoms with E-state index in [0.29, 0.717) is 11.1 Å². The highest BCUT2D eigenvalue weighted by Crippen LogP contribution is 2.30. The van der Waals surface area contributed by atoms with Gasteiger partial charge < -0.3 is 9.32 Å². The van der Waals surface area contributed by atoms with E-state index in [1.54, 1.807) is 32.0 Å². The number of rotatable bonds is 6. The fraction of sp³-hybridized carbons (Fsp3) is 0.500. The van der Waals surface area contributed by atoms with Crippen LogP contribution in [0.2, 0.25) is 0 Å². The number of amides is 1. The zero-order valence-corrected chi connectivity index (χ0v) is 19.1. The molecule has 6 nitrogen and oxygen atoms in total. The lowest BCUT2D eigenvalue weighted by Gasteiger charge is -2.34. The van der Waals surface area contributed by atoms with Crippen LogP contribution in [-0.2, 0) is 21.4 Å². The van der Waals surface area contributed by atoms with E-state index in [1.165, 1.54) is 16.6 Å². The molecule has 1 aliphatic heterocycles. The third kappa shape index (κ3) is 5.53. The minimum absolute atomic E-state index is 0.0755. The van der Waals surface area contributed by atoms with Crippen LogP contribution in [0.1, 0.15) is 35.3 Å². The monoisotopic (exact) mass is 472 g/mol. The molecule has 1 aliphatic rings. The van der Waals surface area contributed by atoms with E-state index in [2.05, 4.69) is 0 Å². The van der Waals surface area contributed by atoms with Crippen LogP contribution in [0.4, 0.5) is 13.2 Å². The molecule has 1 aromatic carbocycles. The lowest BCUT2D eigenvalue weighted by Crippen LogP contribution is -2.46. The Balaban J connectivity index is 1.73. The second-order valence-corrected chi connectivity index (χ2v) is 10.2. The summed E-state index contributed by atoms with van der Waals surface area (Å²) in [6, 6.07) is 6.67. The number of alkyl halides is 3. The molecule has 0 unspecified atom stereocenters. The predicted octanol–water partition coefficient (Wildman–Crippen LogP) is 4.20. The summed E-state index contributed by atoms with van der Waals surface area (Å²) in [6.45, 7) is 3.86. The molecule has 1 amide bonds. The van der Waals surface area contributed by atoms with Crippen molar-refractivity contribution in [2.45, 2.75) is 51.2 Å². The minimum atomic E-state index is -4.55. The minimum Gasteiger partial charge on any atom is -0.467 e. The Morgan fingerprint density at radius 2 is 1.75 bits per heavy atom. The number of sulfonamides is 1. The van der Waals surface area contributed by atoms with Gasteiger partial charge in [0.2, 0.25) is 15.9 Å². The summed E-state index contributed by atoms with van der Waals surface area (Å²) in [4.78, 5) is 13.9. The van der Waals surface area contributed by atoms with E-state index in [1.807, 2.05) is 6.92 Å². The summed E-state index contributed by atoms with van der Waals surface area (Å²) in [6.07, 6.45) is -2.89. The van der Waals surface area contributed by atoms with Crippen LogP contribution in [0.15, 0.2) is 39.8 Å². The molecular formula is C22H27F3N2O4S. The second kappa shape index (κ2) is 9.27. The SMILES string of the molecule is Cc1cc(C)c(S(=O)(=O)N2CCC(C(=O)N(Cc3ccco3)CC(F)(F)F)CC2)c(C)c1. The first kappa shape index (κ1) is 24.3. The molecule has 0 saturated carbocycles. The van der Waals surface area contributed by atoms with Crippen LogP contribution in [0, 0.1) is 26.7 Å². The van der Waals surface area contributed by atoms with E-state index < -0.39 is 34.6 Å². The number of benzene rings is 1. The average molecular weight is 473 g/mol. The quantitative estimate of drug-likeness (QED) is 0.632. The molecule has 2 aromatic rings. The number of hydrogen-bond donors (Lipinski definition) is 0. The highest BCUT2D eigenvalue weighted by atomic mass is 32.2. The molecule has 1 fully saturated rings. The van der Waals surface area contributed by atoms with Gasteiger partial charge in [-0.1, -0.05) is 17.7 Å². The number of piperidine rings is 1. The summed E-state index contributed by atoms with van der Waals surface area (Å²) in [5.41, 5.74) is 2.26. The summed E-state index contributed by atoms with van der Waals surface area (Å²) in [5.74, 6) is -1.06. The molecule has 0 atom stereocenters. The molecule has 0 bridgehead atoms.